The minimum atomic E-state index is -1.59. The van der Waals surface area contributed by atoms with Crippen LogP contribution in [0.25, 0.3) is 22.3 Å². The molecule has 5 atom stereocenters. The third-order valence-corrected chi connectivity index (χ3v) is 5.54. The molecule has 0 unspecified atom stereocenters. The van der Waals surface area contributed by atoms with Crippen LogP contribution in [0.5, 0.6) is 23.0 Å². The molecule has 3 aromatic rings. The molecule has 176 valence electrons. The fourth-order valence-corrected chi connectivity index (χ4v) is 3.68. The summed E-state index contributed by atoms with van der Waals surface area (Å²) >= 11 is 0. The van der Waals surface area contributed by atoms with Crippen molar-refractivity contribution >= 4 is 11.0 Å². The topological polar surface area (TPSA) is 148 Å². The van der Waals surface area contributed by atoms with Crippen molar-refractivity contribution in [1.82, 2.24) is 0 Å². The van der Waals surface area contributed by atoms with Gasteiger partial charge >= 0.3 is 0 Å². The molecule has 1 fully saturated rings. The number of benzene rings is 2. The summed E-state index contributed by atoms with van der Waals surface area (Å²) in [5.74, 6) is 0.0757. The van der Waals surface area contributed by atoms with Gasteiger partial charge in [-0.3, -0.25) is 4.79 Å². The molecule has 10 heteroatoms. The molecule has 0 bridgehead atoms. The van der Waals surface area contributed by atoms with E-state index in [0.29, 0.717) is 11.3 Å². The largest absolute Gasteiger partial charge is 0.504 e. The maximum Gasteiger partial charge on any atom is 0.229 e. The van der Waals surface area contributed by atoms with E-state index in [2.05, 4.69) is 0 Å². The maximum atomic E-state index is 12.8. The van der Waals surface area contributed by atoms with Gasteiger partial charge in [0.15, 0.2) is 16.9 Å². The molecule has 0 radical (unpaired) electrons. The summed E-state index contributed by atoms with van der Waals surface area (Å²) in [6, 6.07) is 9.41. The molecular formula is C23H24O10. The summed E-state index contributed by atoms with van der Waals surface area (Å²) in [6.45, 7) is 1.51. The van der Waals surface area contributed by atoms with Crippen LogP contribution in [-0.4, -0.2) is 65.4 Å². The van der Waals surface area contributed by atoms with Crippen molar-refractivity contribution in [2.75, 3.05) is 14.2 Å². The van der Waals surface area contributed by atoms with Crippen LogP contribution in [0.15, 0.2) is 45.6 Å². The monoisotopic (exact) mass is 460 g/mol. The molecule has 1 aromatic heterocycles. The number of hydrogen-bond acceptors (Lipinski definition) is 10. The highest BCUT2D eigenvalue weighted by atomic mass is 16.7. The number of methoxy groups -OCH3 is 2. The van der Waals surface area contributed by atoms with Crippen LogP contribution in [0.3, 0.4) is 0 Å². The Morgan fingerprint density at radius 3 is 2.27 bits per heavy atom. The van der Waals surface area contributed by atoms with Gasteiger partial charge in [-0.15, -0.1) is 0 Å². The lowest BCUT2D eigenvalue weighted by Crippen LogP contribution is -2.58. The first kappa shape index (κ1) is 22.9. The molecule has 1 aliphatic rings. The lowest BCUT2D eigenvalue weighted by atomic mass is 10.00. The smallest absolute Gasteiger partial charge is 0.229 e. The maximum absolute atomic E-state index is 12.8. The Morgan fingerprint density at radius 1 is 0.939 bits per heavy atom. The van der Waals surface area contributed by atoms with Crippen LogP contribution in [0.1, 0.15) is 6.92 Å². The Hall–Kier alpha value is -3.31. The zero-order valence-electron chi connectivity index (χ0n) is 18.1. The van der Waals surface area contributed by atoms with Crippen molar-refractivity contribution < 1.29 is 43.8 Å². The van der Waals surface area contributed by atoms with E-state index >= 15 is 0 Å². The van der Waals surface area contributed by atoms with Crippen LogP contribution in [0, 0.1) is 0 Å². The van der Waals surface area contributed by atoms with E-state index in [1.54, 1.807) is 24.3 Å². The number of fused-ring (bicyclic) bond motifs is 1. The van der Waals surface area contributed by atoms with Gasteiger partial charge in [0, 0.05) is 17.7 Å². The Kier molecular flexibility index (Phi) is 6.17. The summed E-state index contributed by atoms with van der Waals surface area (Å²) in [4.78, 5) is 12.8. The molecule has 0 spiro atoms. The van der Waals surface area contributed by atoms with E-state index in [9.17, 15) is 25.2 Å². The number of hydrogen-bond donors (Lipinski definition) is 4. The van der Waals surface area contributed by atoms with Gasteiger partial charge in [-0.05, 0) is 31.2 Å². The fourth-order valence-electron chi connectivity index (χ4n) is 3.68. The molecule has 2 heterocycles. The zero-order chi connectivity index (χ0) is 23.9. The van der Waals surface area contributed by atoms with Gasteiger partial charge in [-0.25, -0.2) is 0 Å². The standard InChI is InChI=1S/C23H24O10/c1-10-18(25)20(27)21(28)23(31-10)33-16-9-15-17(19(26)22(16)30-3)13(24)8-14(32-15)11-4-6-12(29-2)7-5-11/h4-10,18,20-21,23,25-28H,1-3H3/t10-,18+,20+,21-,23-/m1/s1. The molecule has 0 saturated carbocycles. The number of aliphatic hydroxyl groups excluding tert-OH is 3. The third kappa shape index (κ3) is 4.09. The van der Waals surface area contributed by atoms with Crippen molar-refractivity contribution in [3.8, 4) is 34.3 Å². The summed E-state index contributed by atoms with van der Waals surface area (Å²) < 4.78 is 27.3. The summed E-state index contributed by atoms with van der Waals surface area (Å²) in [5, 5.41) is 40.8. The Morgan fingerprint density at radius 2 is 1.64 bits per heavy atom. The SMILES string of the molecule is COc1ccc(-c2cc(=O)c3c(O)c(OC)c(O[C@H]4O[C@H](C)[C@H](O)[C@H](O)[C@H]4O)cc3o2)cc1. The zero-order valence-corrected chi connectivity index (χ0v) is 18.1. The van der Waals surface area contributed by atoms with E-state index in [1.165, 1.54) is 33.3 Å². The minimum Gasteiger partial charge on any atom is -0.504 e. The van der Waals surface area contributed by atoms with E-state index in [1.807, 2.05) is 0 Å². The van der Waals surface area contributed by atoms with Crippen LogP contribution >= 0.6 is 0 Å². The number of rotatable bonds is 5. The van der Waals surface area contributed by atoms with E-state index in [4.69, 9.17) is 23.4 Å². The second-order valence-electron chi connectivity index (χ2n) is 7.63. The Balaban J connectivity index is 1.79. The van der Waals surface area contributed by atoms with Crippen LogP contribution in [0.4, 0.5) is 0 Å². The number of ether oxygens (including phenoxy) is 4. The van der Waals surface area contributed by atoms with Gasteiger partial charge in [0.1, 0.15) is 40.8 Å². The third-order valence-electron chi connectivity index (χ3n) is 5.54. The number of phenolic OH excluding ortho intramolecular Hbond substituents is 1. The normalized spacial score (nSPS) is 25.1. The Bertz CT molecular complexity index is 1200. The van der Waals surface area contributed by atoms with Crippen LogP contribution in [0.2, 0.25) is 0 Å². The molecule has 0 aliphatic carbocycles. The quantitative estimate of drug-likeness (QED) is 0.440. The summed E-state index contributed by atoms with van der Waals surface area (Å²) in [5.41, 5.74) is 0.0932. The van der Waals surface area contributed by atoms with Crippen molar-refractivity contribution in [1.29, 1.82) is 0 Å². The average molecular weight is 460 g/mol. The van der Waals surface area contributed by atoms with Crippen LogP contribution in [-0.2, 0) is 4.74 Å². The number of phenols is 1. The number of aliphatic hydroxyl groups is 3. The van der Waals surface area contributed by atoms with Gasteiger partial charge in [-0.1, -0.05) is 0 Å². The predicted molar refractivity (Wildman–Crippen MR) is 116 cm³/mol. The first-order valence-corrected chi connectivity index (χ1v) is 10.1. The summed E-state index contributed by atoms with van der Waals surface area (Å²) in [7, 11) is 2.80. The second-order valence-corrected chi connectivity index (χ2v) is 7.63. The molecule has 10 nitrogen and oxygen atoms in total. The highest BCUT2D eigenvalue weighted by Gasteiger charge is 2.43. The highest BCUT2D eigenvalue weighted by Crippen LogP contribution is 2.43. The molecule has 1 saturated heterocycles. The summed E-state index contributed by atoms with van der Waals surface area (Å²) in [6.07, 6.45) is -6.64. The molecule has 4 rings (SSSR count). The second kappa shape index (κ2) is 8.91. The lowest BCUT2D eigenvalue weighted by molar-refractivity contribution is -0.268. The molecule has 1 aliphatic heterocycles. The van der Waals surface area contributed by atoms with E-state index in [-0.39, 0.29) is 28.2 Å². The van der Waals surface area contributed by atoms with Gasteiger partial charge < -0.3 is 43.8 Å². The minimum absolute atomic E-state index is 0.000508. The van der Waals surface area contributed by atoms with Crippen molar-refractivity contribution in [2.24, 2.45) is 0 Å². The highest BCUT2D eigenvalue weighted by molar-refractivity contribution is 5.89. The number of aromatic hydroxyl groups is 1. The lowest BCUT2D eigenvalue weighted by Gasteiger charge is -2.39. The average Bonchev–Trinajstić information content (AvgIpc) is 2.81. The van der Waals surface area contributed by atoms with Crippen molar-refractivity contribution in [3.63, 3.8) is 0 Å². The van der Waals surface area contributed by atoms with Gasteiger partial charge in [0.05, 0.1) is 20.3 Å². The van der Waals surface area contributed by atoms with Crippen LogP contribution < -0.4 is 19.6 Å². The van der Waals surface area contributed by atoms with Crippen molar-refractivity contribution in [3.05, 3.63) is 46.6 Å². The molecular weight excluding hydrogens is 436 g/mol. The molecule has 4 N–H and O–H groups in total. The van der Waals surface area contributed by atoms with E-state index in [0.717, 1.165) is 0 Å². The van der Waals surface area contributed by atoms with Gasteiger partial charge in [-0.2, -0.15) is 0 Å². The van der Waals surface area contributed by atoms with Gasteiger partial charge in [0.2, 0.25) is 12.0 Å². The van der Waals surface area contributed by atoms with Gasteiger partial charge in [0.25, 0.3) is 0 Å². The first-order chi connectivity index (χ1) is 15.7. The van der Waals surface area contributed by atoms with Crippen molar-refractivity contribution in [2.45, 2.75) is 37.6 Å². The fraction of sp³-hybridized carbons (Fsp3) is 0.348. The van der Waals surface area contributed by atoms with E-state index < -0.39 is 41.9 Å². The predicted octanol–water partition coefficient (Wildman–Crippen LogP) is 1.39. The molecule has 0 amide bonds. The molecule has 2 aromatic carbocycles. The molecule has 33 heavy (non-hydrogen) atoms. The first-order valence-electron chi connectivity index (χ1n) is 10.1. The Labute approximate surface area is 188 Å².